The summed E-state index contributed by atoms with van der Waals surface area (Å²) in [6, 6.07) is 0. The number of hydrogen-bond donors (Lipinski definition) is 2. The topological polar surface area (TPSA) is 57.5 Å². The van der Waals surface area contributed by atoms with Gasteiger partial charge in [0.05, 0.1) is 0 Å². The van der Waals surface area contributed by atoms with Crippen LogP contribution in [0.2, 0.25) is 0 Å². The minimum Gasteiger partial charge on any atom is -0.389 e. The van der Waals surface area contributed by atoms with Gasteiger partial charge < -0.3 is 10.2 Å². The Morgan fingerprint density at radius 2 is 1.70 bits per heavy atom. The van der Waals surface area contributed by atoms with Gasteiger partial charge in [0, 0.05) is 5.92 Å². The van der Waals surface area contributed by atoms with Crippen molar-refractivity contribution in [1.29, 1.82) is 0 Å². The van der Waals surface area contributed by atoms with E-state index in [1.165, 1.54) is 0 Å². The molecule has 4 aliphatic rings. The predicted octanol–water partition coefficient (Wildman–Crippen LogP) is 4.11. The normalized spacial score (nSPS) is 49.9. The summed E-state index contributed by atoms with van der Waals surface area (Å²) < 4.78 is 39.9. The second kappa shape index (κ2) is 6.45. The Morgan fingerprint density at radius 1 is 1.00 bits per heavy atom. The minimum atomic E-state index is -4.54. The minimum absolute atomic E-state index is 0.0349. The summed E-state index contributed by atoms with van der Waals surface area (Å²) in [6.45, 7) is 1.82. The molecule has 0 aromatic carbocycles. The van der Waals surface area contributed by atoms with Crippen LogP contribution in [0, 0.1) is 40.9 Å². The van der Waals surface area contributed by atoms with Crippen LogP contribution in [0.5, 0.6) is 0 Å². The fourth-order valence-electron chi connectivity index (χ4n) is 7.77. The Labute approximate surface area is 158 Å². The fourth-order valence-corrected chi connectivity index (χ4v) is 7.77. The number of ketones is 1. The van der Waals surface area contributed by atoms with E-state index in [-0.39, 0.29) is 48.4 Å². The van der Waals surface area contributed by atoms with Crippen molar-refractivity contribution in [3.63, 3.8) is 0 Å². The highest BCUT2D eigenvalue weighted by Gasteiger charge is 2.62. The van der Waals surface area contributed by atoms with Crippen molar-refractivity contribution in [3.05, 3.63) is 0 Å². The average molecular weight is 388 g/mol. The molecule has 0 saturated heterocycles. The lowest BCUT2D eigenvalue weighted by Gasteiger charge is -2.57. The highest BCUT2D eigenvalue weighted by Crippen LogP contribution is 2.65. The summed E-state index contributed by atoms with van der Waals surface area (Å²) in [5.41, 5.74) is -2.56. The van der Waals surface area contributed by atoms with Gasteiger partial charge in [-0.1, -0.05) is 6.92 Å². The number of aliphatic hydroxyl groups excluding tert-OH is 1. The molecular formula is C21H31F3O3. The maximum atomic E-state index is 13.3. The van der Waals surface area contributed by atoms with Gasteiger partial charge in [0.25, 0.3) is 0 Å². The Balaban J connectivity index is 1.52. The first-order chi connectivity index (χ1) is 12.6. The third-order valence-electron chi connectivity index (χ3n) is 9.08. The molecule has 2 N–H and O–H groups in total. The van der Waals surface area contributed by atoms with Crippen LogP contribution >= 0.6 is 0 Å². The van der Waals surface area contributed by atoms with Gasteiger partial charge in [-0.2, -0.15) is 13.2 Å². The lowest BCUT2D eigenvalue weighted by atomic mass is 9.49. The molecule has 154 valence electrons. The first-order valence-electron chi connectivity index (χ1n) is 10.5. The number of halogens is 3. The summed E-state index contributed by atoms with van der Waals surface area (Å²) in [6.07, 6.45) is 1.03. The number of carbonyl (C=O) groups is 1. The molecule has 4 saturated carbocycles. The van der Waals surface area contributed by atoms with E-state index in [4.69, 9.17) is 0 Å². The number of hydrogen-bond acceptors (Lipinski definition) is 3. The zero-order valence-corrected chi connectivity index (χ0v) is 16.0. The van der Waals surface area contributed by atoms with Gasteiger partial charge in [0.15, 0.2) is 11.4 Å². The molecule has 0 aliphatic heterocycles. The van der Waals surface area contributed by atoms with E-state index < -0.39 is 11.8 Å². The molecule has 8 atom stereocenters. The van der Waals surface area contributed by atoms with Gasteiger partial charge in [-0.25, -0.2) is 0 Å². The second-order valence-corrected chi connectivity index (χ2v) is 10.0. The summed E-state index contributed by atoms with van der Waals surface area (Å²) in [5, 5.41) is 19.5. The van der Waals surface area contributed by atoms with Gasteiger partial charge in [-0.15, -0.1) is 0 Å². The summed E-state index contributed by atoms with van der Waals surface area (Å²) in [5.74, 6) is 1.51. The summed E-state index contributed by atoms with van der Waals surface area (Å²) in [4.78, 5) is 12.2. The van der Waals surface area contributed by atoms with Gasteiger partial charge in [-0.05, 0) is 92.8 Å². The average Bonchev–Trinajstić information content (AvgIpc) is 2.97. The smallest absolute Gasteiger partial charge is 0.389 e. The molecule has 0 aromatic heterocycles. The van der Waals surface area contributed by atoms with E-state index in [1.807, 2.05) is 0 Å². The van der Waals surface area contributed by atoms with Crippen molar-refractivity contribution in [3.8, 4) is 0 Å². The van der Waals surface area contributed by atoms with E-state index >= 15 is 0 Å². The second-order valence-electron chi connectivity index (χ2n) is 10.0. The van der Waals surface area contributed by atoms with Crippen molar-refractivity contribution in [2.24, 2.45) is 40.9 Å². The zero-order valence-electron chi connectivity index (χ0n) is 16.0. The number of carbonyl (C=O) groups excluding carboxylic acids is 1. The first-order valence-corrected chi connectivity index (χ1v) is 10.5. The molecule has 0 aromatic rings. The number of Topliss-reactive ketones (excluding diaryl/α,β-unsaturated/α-hetero) is 1. The van der Waals surface area contributed by atoms with Crippen LogP contribution in [0.15, 0.2) is 0 Å². The maximum absolute atomic E-state index is 13.3. The lowest BCUT2D eigenvalue weighted by Crippen LogP contribution is -2.55. The fraction of sp³-hybridized carbons (Fsp3) is 0.952. The predicted molar refractivity (Wildman–Crippen MR) is 93.7 cm³/mol. The van der Waals surface area contributed by atoms with Gasteiger partial charge in [0.2, 0.25) is 0 Å². The molecule has 4 rings (SSSR count). The Kier molecular flexibility index (Phi) is 4.70. The standard InChI is InChI=1S/C21H31F3O3/c1-19-8-6-14-13-7-9-20(27,21(22,23)24)10-12(13)2-3-15(14)16(19)4-5-17(19)18(26)11-25/h12-17,25,27H,2-11H2,1H3/t12-,13+,14-,15-,16+,17-,19+,20-/m1/s1. The number of aliphatic hydroxyl groups is 2. The van der Waals surface area contributed by atoms with Gasteiger partial charge >= 0.3 is 6.18 Å². The molecule has 27 heavy (non-hydrogen) atoms. The highest BCUT2D eigenvalue weighted by molar-refractivity contribution is 5.83. The summed E-state index contributed by atoms with van der Waals surface area (Å²) >= 11 is 0. The molecule has 3 nitrogen and oxygen atoms in total. The molecule has 4 fully saturated rings. The quantitative estimate of drug-likeness (QED) is 0.749. The van der Waals surface area contributed by atoms with Crippen LogP contribution in [0.25, 0.3) is 0 Å². The Morgan fingerprint density at radius 3 is 2.37 bits per heavy atom. The van der Waals surface area contributed by atoms with Crippen LogP contribution in [-0.4, -0.2) is 34.4 Å². The van der Waals surface area contributed by atoms with Crippen LogP contribution in [-0.2, 0) is 4.79 Å². The van der Waals surface area contributed by atoms with Crippen LogP contribution in [0.1, 0.15) is 64.7 Å². The third kappa shape index (κ3) is 2.88. The largest absolute Gasteiger partial charge is 0.417 e. The maximum Gasteiger partial charge on any atom is 0.417 e. The molecule has 0 radical (unpaired) electrons. The van der Waals surface area contributed by atoms with Gasteiger partial charge in [-0.3, -0.25) is 4.79 Å². The first kappa shape index (κ1) is 19.7. The van der Waals surface area contributed by atoms with E-state index in [2.05, 4.69) is 6.92 Å². The molecule has 0 amide bonds. The van der Waals surface area contributed by atoms with Crippen molar-refractivity contribution in [1.82, 2.24) is 0 Å². The van der Waals surface area contributed by atoms with E-state index in [1.54, 1.807) is 0 Å². The van der Waals surface area contributed by atoms with Crippen LogP contribution < -0.4 is 0 Å². The van der Waals surface area contributed by atoms with E-state index in [0.717, 1.165) is 38.5 Å². The van der Waals surface area contributed by atoms with Crippen LogP contribution in [0.4, 0.5) is 13.2 Å². The molecule has 6 heteroatoms. The summed E-state index contributed by atoms with van der Waals surface area (Å²) in [7, 11) is 0. The SMILES string of the molecule is C[C@]12CC[C@H]3[C@@H](CC[C@@H]4C[C@@](O)(C(F)(F)F)CC[C@@H]43)[C@@H]1CC[C@@H]2C(=O)CO. The number of alkyl halides is 3. The number of rotatable bonds is 2. The molecule has 4 aliphatic carbocycles. The van der Waals surface area contributed by atoms with Crippen molar-refractivity contribution < 1.29 is 28.2 Å². The van der Waals surface area contributed by atoms with Crippen molar-refractivity contribution in [2.75, 3.05) is 6.61 Å². The number of fused-ring (bicyclic) bond motifs is 5. The van der Waals surface area contributed by atoms with Gasteiger partial charge in [0.1, 0.15) is 6.61 Å². The van der Waals surface area contributed by atoms with E-state index in [9.17, 15) is 28.2 Å². The van der Waals surface area contributed by atoms with Crippen LogP contribution in [0.3, 0.4) is 0 Å². The third-order valence-corrected chi connectivity index (χ3v) is 9.08. The molecule has 0 bridgehead atoms. The molecular weight excluding hydrogens is 357 g/mol. The molecule has 0 spiro atoms. The Bertz CT molecular complexity index is 606. The van der Waals surface area contributed by atoms with E-state index in [0.29, 0.717) is 24.2 Å². The lowest BCUT2D eigenvalue weighted by molar-refractivity contribution is -0.282. The molecule has 0 unspecified atom stereocenters. The van der Waals surface area contributed by atoms with Crippen molar-refractivity contribution in [2.45, 2.75) is 76.5 Å². The monoisotopic (exact) mass is 388 g/mol. The zero-order chi connectivity index (χ0) is 19.6. The molecule has 0 heterocycles. The Hall–Kier alpha value is -0.620. The van der Waals surface area contributed by atoms with Crippen molar-refractivity contribution >= 4 is 5.78 Å². The highest BCUT2D eigenvalue weighted by atomic mass is 19.4.